The lowest BCUT2D eigenvalue weighted by Crippen LogP contribution is -2.43. The van der Waals surface area contributed by atoms with Gasteiger partial charge in [0.25, 0.3) is 5.91 Å². The summed E-state index contributed by atoms with van der Waals surface area (Å²) in [6.45, 7) is 1.74. The van der Waals surface area contributed by atoms with E-state index in [1.54, 1.807) is 32.2 Å². The first-order valence-corrected chi connectivity index (χ1v) is 8.85. The Labute approximate surface area is 167 Å². The van der Waals surface area contributed by atoms with Crippen molar-refractivity contribution in [2.24, 2.45) is 11.5 Å². The van der Waals surface area contributed by atoms with E-state index in [1.807, 2.05) is 0 Å². The smallest absolute Gasteiger partial charge is 0.252 e. The zero-order chi connectivity index (χ0) is 21.7. The summed E-state index contributed by atoms with van der Waals surface area (Å²) in [6, 6.07) is 5.37. The second-order valence-corrected chi connectivity index (χ2v) is 6.28. The van der Waals surface area contributed by atoms with E-state index in [1.165, 1.54) is 11.9 Å². The van der Waals surface area contributed by atoms with E-state index in [0.29, 0.717) is 23.4 Å². The molecule has 2 rings (SSSR count). The first-order valence-electron chi connectivity index (χ1n) is 8.85. The van der Waals surface area contributed by atoms with Crippen LogP contribution in [0.4, 0.5) is 27.4 Å². The maximum Gasteiger partial charge on any atom is 0.252 e. The highest BCUT2D eigenvalue weighted by atomic mass is 19.1. The van der Waals surface area contributed by atoms with Crippen LogP contribution in [0, 0.1) is 11.2 Å². The van der Waals surface area contributed by atoms with Crippen LogP contribution >= 0.6 is 0 Å². The Hall–Kier alpha value is -3.69. The molecule has 0 saturated heterocycles. The van der Waals surface area contributed by atoms with Gasteiger partial charge in [0.2, 0.25) is 5.91 Å². The highest BCUT2D eigenvalue weighted by Gasteiger charge is 2.25. The quantitative estimate of drug-likeness (QED) is 0.404. The first-order chi connectivity index (χ1) is 13.7. The number of benzene rings is 1. The van der Waals surface area contributed by atoms with Crippen molar-refractivity contribution in [1.29, 1.82) is 5.41 Å². The van der Waals surface area contributed by atoms with Gasteiger partial charge in [0.1, 0.15) is 11.9 Å². The van der Waals surface area contributed by atoms with Crippen molar-refractivity contribution in [1.82, 2.24) is 4.98 Å². The van der Waals surface area contributed by atoms with Gasteiger partial charge in [0.15, 0.2) is 11.6 Å². The Morgan fingerprint density at radius 1 is 1.34 bits per heavy atom. The van der Waals surface area contributed by atoms with Gasteiger partial charge in [-0.1, -0.05) is 13.0 Å². The van der Waals surface area contributed by atoms with E-state index < -0.39 is 23.7 Å². The van der Waals surface area contributed by atoms with E-state index in [2.05, 4.69) is 15.6 Å². The van der Waals surface area contributed by atoms with Crippen LogP contribution in [0.3, 0.4) is 0 Å². The number of halogens is 1. The molecule has 0 saturated carbocycles. The fourth-order valence-corrected chi connectivity index (χ4v) is 3.00. The number of rotatable bonds is 9. The molecule has 0 bridgehead atoms. The molecule has 1 aromatic carbocycles. The number of aromatic nitrogens is 1. The topological polar surface area (TPSA) is 150 Å². The third kappa shape index (κ3) is 4.42. The van der Waals surface area contributed by atoms with Crippen LogP contribution in [0.2, 0.25) is 0 Å². The molecular weight excluding hydrogens is 377 g/mol. The number of nitrogens with zero attached hydrogens (tertiary/aromatic N) is 2. The van der Waals surface area contributed by atoms with Crippen molar-refractivity contribution in [3.63, 3.8) is 0 Å². The van der Waals surface area contributed by atoms with Crippen LogP contribution in [-0.4, -0.2) is 43.2 Å². The van der Waals surface area contributed by atoms with Gasteiger partial charge >= 0.3 is 0 Å². The monoisotopic (exact) mass is 401 g/mol. The average Bonchev–Trinajstić information content (AvgIpc) is 2.68. The second-order valence-electron chi connectivity index (χ2n) is 6.28. The molecule has 1 unspecified atom stereocenters. The van der Waals surface area contributed by atoms with Crippen molar-refractivity contribution >= 4 is 41.0 Å². The third-order valence-electron chi connectivity index (χ3n) is 4.51. The first kappa shape index (κ1) is 21.6. The van der Waals surface area contributed by atoms with Crippen LogP contribution in [0.25, 0.3) is 0 Å². The number of anilines is 4. The molecule has 0 radical (unpaired) electrons. The number of hydrogen-bond acceptors (Lipinski definition) is 7. The van der Waals surface area contributed by atoms with E-state index in [0.717, 1.165) is 12.3 Å². The van der Waals surface area contributed by atoms with Gasteiger partial charge in [-0.25, -0.2) is 9.37 Å². The van der Waals surface area contributed by atoms with Gasteiger partial charge in [-0.15, -0.1) is 0 Å². The van der Waals surface area contributed by atoms with Crippen molar-refractivity contribution < 1.29 is 14.0 Å². The number of primary amides is 2. The predicted molar refractivity (Wildman–Crippen MR) is 112 cm³/mol. The average molecular weight is 401 g/mol. The van der Waals surface area contributed by atoms with E-state index >= 15 is 0 Å². The number of hydrogen-bond donors (Lipinski definition) is 5. The molecule has 2 amide bonds. The summed E-state index contributed by atoms with van der Waals surface area (Å²) in [5, 5.41) is 13.6. The van der Waals surface area contributed by atoms with E-state index in [-0.39, 0.29) is 17.2 Å². The van der Waals surface area contributed by atoms with Crippen molar-refractivity contribution in [3.05, 3.63) is 41.2 Å². The molecule has 0 aliphatic heterocycles. The molecule has 2 aromatic rings. The normalized spacial score (nSPS) is 11.4. The van der Waals surface area contributed by atoms with Crippen LogP contribution in [0.5, 0.6) is 0 Å². The maximum absolute atomic E-state index is 14.7. The molecule has 9 nitrogen and oxygen atoms in total. The maximum atomic E-state index is 14.7. The minimum atomic E-state index is -0.878. The summed E-state index contributed by atoms with van der Waals surface area (Å²) in [5.41, 5.74) is 12.3. The molecule has 1 atom stereocenters. The molecule has 7 N–H and O–H groups in total. The second kappa shape index (κ2) is 9.00. The highest BCUT2D eigenvalue weighted by molar-refractivity contribution is 6.00. The minimum Gasteiger partial charge on any atom is -0.388 e. The zero-order valence-corrected chi connectivity index (χ0v) is 16.4. The summed E-state index contributed by atoms with van der Waals surface area (Å²) in [6.07, 6.45) is 1.48. The summed E-state index contributed by atoms with van der Waals surface area (Å²) in [4.78, 5) is 29.0. The van der Waals surface area contributed by atoms with Crippen molar-refractivity contribution in [2.45, 2.75) is 19.4 Å². The predicted octanol–water partition coefficient (Wildman–Crippen LogP) is 1.80. The number of carbonyl (C=O) groups is 2. The third-order valence-corrected chi connectivity index (χ3v) is 4.51. The van der Waals surface area contributed by atoms with Gasteiger partial charge < -0.3 is 32.4 Å². The lowest BCUT2D eigenvalue weighted by Gasteiger charge is -2.27. The SMILES string of the molecule is CCC(C(N)=O)N(C)c1nc(Nc2cccc(NC)c2C=N)c(C(N)=O)cc1F. The van der Waals surface area contributed by atoms with Gasteiger partial charge in [-0.3, -0.25) is 9.59 Å². The largest absolute Gasteiger partial charge is 0.388 e. The summed E-state index contributed by atoms with van der Waals surface area (Å²) in [5.74, 6) is -2.49. The van der Waals surface area contributed by atoms with Gasteiger partial charge in [-0.2, -0.15) is 0 Å². The molecule has 0 aliphatic rings. The minimum absolute atomic E-state index is 0.00331. The molecule has 29 heavy (non-hydrogen) atoms. The summed E-state index contributed by atoms with van der Waals surface area (Å²) >= 11 is 0. The molecular formula is C19H24FN7O2. The fourth-order valence-electron chi connectivity index (χ4n) is 3.00. The Kier molecular flexibility index (Phi) is 6.71. The number of nitrogens with two attached hydrogens (primary N) is 2. The molecule has 10 heteroatoms. The number of nitrogens with one attached hydrogen (secondary N) is 3. The van der Waals surface area contributed by atoms with E-state index in [9.17, 15) is 14.0 Å². The van der Waals surface area contributed by atoms with Gasteiger partial charge in [0, 0.05) is 31.6 Å². The molecule has 154 valence electrons. The van der Waals surface area contributed by atoms with Crippen molar-refractivity contribution in [3.8, 4) is 0 Å². The van der Waals surface area contributed by atoms with Gasteiger partial charge in [-0.05, 0) is 24.6 Å². The van der Waals surface area contributed by atoms with Crippen LogP contribution in [0.1, 0.15) is 29.3 Å². The van der Waals surface area contributed by atoms with Crippen LogP contribution in [-0.2, 0) is 4.79 Å². The van der Waals surface area contributed by atoms with Crippen LogP contribution < -0.4 is 27.0 Å². The number of likely N-dealkylation sites (N-methyl/N-ethyl adjacent to an activating group) is 1. The Bertz CT molecular complexity index is 948. The molecule has 1 aromatic heterocycles. The summed E-state index contributed by atoms with van der Waals surface area (Å²) in [7, 11) is 3.20. The Morgan fingerprint density at radius 2 is 2.00 bits per heavy atom. The van der Waals surface area contributed by atoms with Crippen molar-refractivity contribution in [2.75, 3.05) is 29.6 Å². The molecule has 0 spiro atoms. The number of carbonyl (C=O) groups excluding carboxylic acids is 2. The number of pyridine rings is 1. The molecule has 1 heterocycles. The van der Waals surface area contributed by atoms with Gasteiger partial charge in [0.05, 0.1) is 11.3 Å². The van der Waals surface area contributed by atoms with Crippen LogP contribution in [0.15, 0.2) is 24.3 Å². The summed E-state index contributed by atoms with van der Waals surface area (Å²) < 4.78 is 14.7. The van der Waals surface area contributed by atoms with E-state index in [4.69, 9.17) is 16.9 Å². The Morgan fingerprint density at radius 3 is 2.52 bits per heavy atom. The number of amides is 2. The Balaban J connectivity index is 2.61. The lowest BCUT2D eigenvalue weighted by atomic mass is 10.1. The zero-order valence-electron chi connectivity index (χ0n) is 16.4. The lowest BCUT2D eigenvalue weighted by molar-refractivity contribution is -0.119. The molecule has 0 fully saturated rings. The molecule has 0 aliphatic carbocycles. The highest BCUT2D eigenvalue weighted by Crippen LogP contribution is 2.29. The standard InChI is InChI=1S/C19H24FN7O2/c1-4-15(17(23)29)27(3)19-12(20)8-10(16(22)28)18(26-19)25-14-7-5-6-13(24-2)11(14)9-21/h5-9,15,21,24H,4H2,1-3H3,(H2,22,28)(H2,23,29)(H,25,26). The fraction of sp³-hybridized carbons (Fsp3) is 0.263.